The number of urea groups is 1. The van der Waals surface area contributed by atoms with Crippen LogP contribution in [0, 0.1) is 0 Å². The average Bonchev–Trinajstić information content (AvgIpc) is 2.84. The predicted molar refractivity (Wildman–Crippen MR) is 74.3 cm³/mol. The first-order valence-electron chi connectivity index (χ1n) is 5.77. The predicted octanol–water partition coefficient (Wildman–Crippen LogP) is 1.42. The molecule has 1 aromatic rings. The third-order valence-corrected chi connectivity index (χ3v) is 3.45. The molecule has 0 atom stereocenters. The summed E-state index contributed by atoms with van der Waals surface area (Å²) < 4.78 is 5.94. The number of benzene rings is 1. The summed E-state index contributed by atoms with van der Waals surface area (Å²) in [5, 5.41) is 5.57. The van der Waals surface area contributed by atoms with Gasteiger partial charge in [-0.05, 0) is 28.1 Å². The Bertz CT molecular complexity index is 507. The molecule has 0 saturated carbocycles. The maximum atomic E-state index is 11.9. The fourth-order valence-corrected chi connectivity index (χ4v) is 2.13. The molecule has 0 aromatic heterocycles. The van der Waals surface area contributed by atoms with Gasteiger partial charge in [-0.15, -0.1) is 0 Å². The normalized spacial score (nSPS) is 14.2. The van der Waals surface area contributed by atoms with E-state index in [0.29, 0.717) is 18.8 Å². The van der Waals surface area contributed by atoms with E-state index in [1.807, 2.05) is 12.1 Å². The fourth-order valence-electron chi connectivity index (χ4n) is 1.74. The topological polar surface area (TPSA) is 70.7 Å². The van der Waals surface area contributed by atoms with E-state index in [4.69, 9.17) is 4.74 Å². The van der Waals surface area contributed by atoms with Gasteiger partial charge in [0, 0.05) is 23.6 Å². The van der Waals surface area contributed by atoms with Crippen LogP contribution in [0.15, 0.2) is 22.7 Å². The number of imide groups is 1. The molecule has 2 N–H and O–H groups in total. The molecule has 7 heteroatoms. The molecule has 1 saturated heterocycles. The summed E-state index contributed by atoms with van der Waals surface area (Å²) in [5.41, 5.74) is 0.743. The van der Waals surface area contributed by atoms with E-state index >= 15 is 0 Å². The largest absolute Gasteiger partial charge is 0.497 e. The molecule has 1 fully saturated rings. The molecule has 19 heavy (non-hydrogen) atoms. The summed E-state index contributed by atoms with van der Waals surface area (Å²) in [4.78, 5) is 24.4. The molecule has 0 aliphatic carbocycles. The van der Waals surface area contributed by atoms with Crippen molar-refractivity contribution in [3.05, 3.63) is 22.7 Å². The van der Waals surface area contributed by atoms with Gasteiger partial charge >= 0.3 is 6.03 Å². The van der Waals surface area contributed by atoms with E-state index < -0.39 is 0 Å². The minimum absolute atomic E-state index is 0.0547. The number of amides is 3. The molecule has 0 bridgehead atoms. The summed E-state index contributed by atoms with van der Waals surface area (Å²) in [7, 11) is 1.58. The Morgan fingerprint density at radius 2 is 2.37 bits per heavy atom. The smallest absolute Gasteiger partial charge is 0.324 e. The first kappa shape index (κ1) is 13.7. The highest BCUT2D eigenvalue weighted by Gasteiger charge is 2.25. The Morgan fingerprint density at radius 3 is 3.00 bits per heavy atom. The number of halogens is 1. The SMILES string of the molecule is COc1ccc(Br)c(NCC(=O)N2CCNC2=O)c1. The van der Waals surface area contributed by atoms with Gasteiger partial charge in [-0.2, -0.15) is 0 Å². The van der Waals surface area contributed by atoms with Gasteiger partial charge in [-0.1, -0.05) is 0 Å². The number of carbonyl (C=O) groups excluding carboxylic acids is 2. The van der Waals surface area contributed by atoms with Crippen molar-refractivity contribution >= 4 is 33.6 Å². The van der Waals surface area contributed by atoms with Crippen molar-refractivity contribution in [2.24, 2.45) is 0 Å². The quantitative estimate of drug-likeness (QED) is 0.877. The maximum Gasteiger partial charge on any atom is 0.324 e. The van der Waals surface area contributed by atoms with E-state index in [-0.39, 0.29) is 18.5 Å². The molecule has 3 amide bonds. The third-order valence-electron chi connectivity index (χ3n) is 2.76. The van der Waals surface area contributed by atoms with Gasteiger partial charge in [0.15, 0.2) is 0 Å². The number of methoxy groups -OCH3 is 1. The lowest BCUT2D eigenvalue weighted by Crippen LogP contribution is -2.38. The number of hydrogen-bond acceptors (Lipinski definition) is 4. The molecule has 1 aromatic carbocycles. The van der Waals surface area contributed by atoms with Crippen LogP contribution in [0.5, 0.6) is 5.75 Å². The number of ether oxygens (including phenoxy) is 1. The molecule has 0 unspecified atom stereocenters. The highest BCUT2D eigenvalue weighted by molar-refractivity contribution is 9.10. The lowest BCUT2D eigenvalue weighted by molar-refractivity contribution is -0.125. The second kappa shape index (κ2) is 5.92. The standard InChI is InChI=1S/C12H14BrN3O3/c1-19-8-2-3-9(13)10(6-8)15-7-11(17)16-5-4-14-12(16)18/h2-3,6,15H,4-5,7H2,1H3,(H,14,18). The molecular weight excluding hydrogens is 314 g/mol. The van der Waals surface area contributed by atoms with Crippen molar-refractivity contribution in [3.8, 4) is 5.75 Å². The van der Waals surface area contributed by atoms with Crippen LogP contribution in [0.3, 0.4) is 0 Å². The van der Waals surface area contributed by atoms with Crippen molar-refractivity contribution < 1.29 is 14.3 Å². The number of hydrogen-bond donors (Lipinski definition) is 2. The molecule has 1 aliphatic heterocycles. The zero-order valence-corrected chi connectivity index (χ0v) is 12.0. The van der Waals surface area contributed by atoms with Crippen LogP contribution < -0.4 is 15.4 Å². The van der Waals surface area contributed by atoms with Gasteiger partial charge in [0.1, 0.15) is 5.75 Å². The summed E-state index contributed by atoms with van der Waals surface area (Å²) in [5.74, 6) is 0.432. The van der Waals surface area contributed by atoms with E-state index in [1.54, 1.807) is 13.2 Å². The van der Waals surface area contributed by atoms with Crippen LogP contribution in [0.1, 0.15) is 0 Å². The summed E-state index contributed by atoms with van der Waals surface area (Å²) in [6.07, 6.45) is 0. The van der Waals surface area contributed by atoms with Crippen LogP contribution in [-0.2, 0) is 4.79 Å². The molecular formula is C12H14BrN3O3. The van der Waals surface area contributed by atoms with Crippen molar-refractivity contribution in [3.63, 3.8) is 0 Å². The van der Waals surface area contributed by atoms with E-state index in [0.717, 1.165) is 10.2 Å². The second-order valence-corrected chi connectivity index (χ2v) is 4.83. The second-order valence-electron chi connectivity index (χ2n) is 3.98. The number of carbonyl (C=O) groups is 2. The minimum atomic E-state index is -0.337. The molecule has 1 aliphatic rings. The number of rotatable bonds is 4. The van der Waals surface area contributed by atoms with Crippen LogP contribution in [0.4, 0.5) is 10.5 Å². The van der Waals surface area contributed by atoms with Gasteiger partial charge in [0.2, 0.25) is 5.91 Å². The summed E-state index contributed by atoms with van der Waals surface area (Å²) in [6, 6.07) is 5.08. The Kier molecular flexibility index (Phi) is 4.26. The lowest BCUT2D eigenvalue weighted by atomic mass is 10.3. The minimum Gasteiger partial charge on any atom is -0.497 e. The van der Waals surface area contributed by atoms with Crippen LogP contribution >= 0.6 is 15.9 Å². The van der Waals surface area contributed by atoms with Gasteiger partial charge < -0.3 is 15.4 Å². The van der Waals surface area contributed by atoms with Crippen molar-refractivity contribution in [2.75, 3.05) is 32.1 Å². The van der Waals surface area contributed by atoms with E-state index in [9.17, 15) is 9.59 Å². The Labute approximate surface area is 119 Å². The van der Waals surface area contributed by atoms with Crippen molar-refractivity contribution in [1.29, 1.82) is 0 Å². The van der Waals surface area contributed by atoms with Gasteiger partial charge in [0.05, 0.1) is 19.3 Å². The Hall–Kier alpha value is -1.76. The number of nitrogens with one attached hydrogen (secondary N) is 2. The highest BCUT2D eigenvalue weighted by Crippen LogP contribution is 2.26. The first-order chi connectivity index (χ1) is 9.11. The Balaban J connectivity index is 1.98. The zero-order chi connectivity index (χ0) is 13.8. The van der Waals surface area contributed by atoms with Crippen LogP contribution in [0.2, 0.25) is 0 Å². The molecule has 102 valence electrons. The highest BCUT2D eigenvalue weighted by atomic mass is 79.9. The van der Waals surface area contributed by atoms with Crippen LogP contribution in [-0.4, -0.2) is 43.6 Å². The lowest BCUT2D eigenvalue weighted by Gasteiger charge is -2.14. The van der Waals surface area contributed by atoms with Gasteiger partial charge in [-0.3, -0.25) is 9.69 Å². The number of nitrogens with zero attached hydrogens (tertiary/aromatic N) is 1. The monoisotopic (exact) mass is 327 g/mol. The van der Waals surface area contributed by atoms with Gasteiger partial charge in [0.25, 0.3) is 0 Å². The van der Waals surface area contributed by atoms with Crippen LogP contribution in [0.25, 0.3) is 0 Å². The Morgan fingerprint density at radius 1 is 1.58 bits per heavy atom. The third kappa shape index (κ3) is 3.17. The summed E-state index contributed by atoms with van der Waals surface area (Å²) >= 11 is 3.38. The van der Waals surface area contributed by atoms with Gasteiger partial charge in [-0.25, -0.2) is 4.79 Å². The van der Waals surface area contributed by atoms with Crippen molar-refractivity contribution in [2.45, 2.75) is 0 Å². The average molecular weight is 328 g/mol. The molecule has 0 spiro atoms. The molecule has 6 nitrogen and oxygen atoms in total. The molecule has 2 rings (SSSR count). The first-order valence-corrected chi connectivity index (χ1v) is 6.56. The fraction of sp³-hybridized carbons (Fsp3) is 0.333. The van der Waals surface area contributed by atoms with E-state index in [2.05, 4.69) is 26.6 Å². The van der Waals surface area contributed by atoms with E-state index in [1.165, 1.54) is 4.90 Å². The molecule has 0 radical (unpaired) electrons. The maximum absolute atomic E-state index is 11.9. The zero-order valence-electron chi connectivity index (χ0n) is 10.4. The molecule has 1 heterocycles. The number of anilines is 1. The summed E-state index contributed by atoms with van der Waals surface area (Å²) in [6.45, 7) is 0.977. The van der Waals surface area contributed by atoms with Crippen molar-refractivity contribution in [1.82, 2.24) is 10.2 Å².